The Morgan fingerprint density at radius 3 is 1.17 bits per heavy atom. The van der Waals surface area contributed by atoms with Crippen molar-refractivity contribution in [2.75, 3.05) is 0 Å². The minimum atomic E-state index is -3.88. The lowest BCUT2D eigenvalue weighted by Crippen LogP contribution is -2.25. The quantitative estimate of drug-likeness (QED) is 0.764. The fourth-order valence-corrected chi connectivity index (χ4v) is 9.17. The highest BCUT2D eigenvalue weighted by atomic mass is 32.3. The number of sulfonamides is 2. The van der Waals surface area contributed by atoms with Crippen LogP contribution in [0.4, 0.5) is 0 Å². The molecule has 3 rings (SSSR count). The molecule has 1 heterocycles. The molecule has 0 bridgehead atoms. The molecule has 132 valence electrons. The first-order valence-electron chi connectivity index (χ1n) is 8.94. The standard InChI is InChI=1S/C16H27NO4S2/c18-22(19)15(13-9-5-1-2-6-10-13)16(23(20,21)17-22)14-11-7-3-4-8-12-14/h13-14,17H,1-12H2. The maximum Gasteiger partial charge on any atom is 0.251 e. The van der Waals surface area contributed by atoms with Crippen LogP contribution in [0.1, 0.15) is 77.0 Å². The average Bonchev–Trinajstić information content (AvgIpc) is 2.78. The van der Waals surface area contributed by atoms with Crippen LogP contribution >= 0.6 is 0 Å². The van der Waals surface area contributed by atoms with E-state index in [9.17, 15) is 16.8 Å². The van der Waals surface area contributed by atoms with Crippen molar-refractivity contribution >= 4 is 20.0 Å². The van der Waals surface area contributed by atoms with Gasteiger partial charge in [-0.15, -0.1) is 4.13 Å². The largest absolute Gasteiger partial charge is 0.251 e. The third kappa shape index (κ3) is 3.66. The number of rotatable bonds is 2. The summed E-state index contributed by atoms with van der Waals surface area (Å²) in [5.41, 5.74) is 0. The summed E-state index contributed by atoms with van der Waals surface area (Å²) in [5.74, 6) is -0.240. The van der Waals surface area contributed by atoms with Crippen molar-refractivity contribution < 1.29 is 16.8 Å². The minimum absolute atomic E-state index is 0.120. The van der Waals surface area contributed by atoms with Crippen molar-refractivity contribution in [3.8, 4) is 0 Å². The summed E-state index contributed by atoms with van der Waals surface area (Å²) in [4.78, 5) is 0.456. The highest BCUT2D eigenvalue weighted by Gasteiger charge is 2.46. The molecule has 23 heavy (non-hydrogen) atoms. The van der Waals surface area contributed by atoms with Gasteiger partial charge in [0, 0.05) is 0 Å². The van der Waals surface area contributed by atoms with Gasteiger partial charge < -0.3 is 0 Å². The summed E-state index contributed by atoms with van der Waals surface area (Å²) in [6.45, 7) is 0. The maximum atomic E-state index is 12.6. The number of hydrogen-bond acceptors (Lipinski definition) is 4. The molecule has 5 nitrogen and oxygen atoms in total. The van der Waals surface area contributed by atoms with Gasteiger partial charge in [-0.2, -0.15) is 0 Å². The van der Waals surface area contributed by atoms with Gasteiger partial charge >= 0.3 is 0 Å². The Kier molecular flexibility index (Phi) is 5.18. The van der Waals surface area contributed by atoms with Crippen LogP contribution in [0.15, 0.2) is 9.81 Å². The topological polar surface area (TPSA) is 80.3 Å². The van der Waals surface area contributed by atoms with Crippen molar-refractivity contribution in [3.63, 3.8) is 0 Å². The Labute approximate surface area is 140 Å². The van der Waals surface area contributed by atoms with Crippen LogP contribution in [0.3, 0.4) is 0 Å². The van der Waals surface area contributed by atoms with Crippen molar-refractivity contribution in [3.05, 3.63) is 9.81 Å². The zero-order chi connectivity index (χ0) is 16.5. The van der Waals surface area contributed by atoms with Gasteiger partial charge in [0.1, 0.15) is 0 Å². The maximum absolute atomic E-state index is 12.6. The Balaban J connectivity index is 2.07. The highest BCUT2D eigenvalue weighted by molar-refractivity contribution is 8.11. The molecule has 0 amide bonds. The summed E-state index contributed by atoms with van der Waals surface area (Å²) < 4.78 is 52.3. The van der Waals surface area contributed by atoms with Gasteiger partial charge in [-0.05, 0) is 37.5 Å². The minimum Gasteiger partial charge on any atom is -0.206 e. The van der Waals surface area contributed by atoms with Crippen LogP contribution in [0.5, 0.6) is 0 Å². The van der Waals surface area contributed by atoms with Gasteiger partial charge in [0.25, 0.3) is 20.0 Å². The van der Waals surface area contributed by atoms with Crippen LogP contribution in [-0.4, -0.2) is 16.8 Å². The fraction of sp³-hybridized carbons (Fsp3) is 0.875. The third-order valence-electron chi connectivity index (χ3n) is 5.49. The predicted octanol–water partition coefficient (Wildman–Crippen LogP) is 3.40. The average molecular weight is 362 g/mol. The summed E-state index contributed by atoms with van der Waals surface area (Å²) >= 11 is 0. The number of hydrogen-bond donors (Lipinski definition) is 1. The van der Waals surface area contributed by atoms with Crippen molar-refractivity contribution in [1.29, 1.82) is 0 Å². The van der Waals surface area contributed by atoms with E-state index in [1.54, 1.807) is 0 Å². The molecule has 0 aromatic rings. The van der Waals surface area contributed by atoms with E-state index in [-0.39, 0.29) is 21.6 Å². The fourth-order valence-electron chi connectivity index (χ4n) is 4.42. The van der Waals surface area contributed by atoms with Gasteiger partial charge in [-0.25, -0.2) is 16.8 Å². The summed E-state index contributed by atoms with van der Waals surface area (Å²) in [5, 5.41) is 0. The third-order valence-corrected chi connectivity index (χ3v) is 9.64. The number of allylic oxidation sites excluding steroid dienone is 2. The molecule has 0 radical (unpaired) electrons. The molecule has 0 unspecified atom stereocenters. The molecule has 3 aliphatic rings. The van der Waals surface area contributed by atoms with Crippen LogP contribution in [0.2, 0.25) is 0 Å². The van der Waals surface area contributed by atoms with Gasteiger partial charge in [0.05, 0.1) is 9.81 Å². The molecule has 7 heteroatoms. The molecule has 0 aromatic heterocycles. The lowest BCUT2D eigenvalue weighted by molar-refractivity contribution is 0.504. The van der Waals surface area contributed by atoms with E-state index in [1.165, 1.54) is 0 Å². The van der Waals surface area contributed by atoms with Gasteiger partial charge in [-0.3, -0.25) is 0 Å². The van der Waals surface area contributed by atoms with E-state index in [1.807, 2.05) is 4.13 Å². The molecule has 1 aliphatic heterocycles. The molecule has 0 saturated heterocycles. The molecular formula is C16H27NO4S2. The summed E-state index contributed by atoms with van der Waals surface area (Å²) in [7, 11) is -7.76. The molecule has 0 spiro atoms. The first kappa shape index (κ1) is 17.4. The first-order chi connectivity index (χ1) is 10.9. The second-order valence-corrected chi connectivity index (χ2v) is 10.8. The van der Waals surface area contributed by atoms with Crippen LogP contribution in [-0.2, 0) is 20.0 Å². The normalized spacial score (nSPS) is 30.1. The van der Waals surface area contributed by atoms with Crippen LogP contribution < -0.4 is 4.13 Å². The molecule has 0 aromatic carbocycles. The zero-order valence-electron chi connectivity index (χ0n) is 13.6. The second-order valence-electron chi connectivity index (χ2n) is 7.20. The van der Waals surface area contributed by atoms with Crippen LogP contribution in [0.25, 0.3) is 0 Å². The van der Waals surface area contributed by atoms with Crippen LogP contribution in [0, 0.1) is 11.8 Å². The monoisotopic (exact) mass is 361 g/mol. The lowest BCUT2D eigenvalue weighted by atomic mass is 9.93. The second kappa shape index (κ2) is 6.84. The SMILES string of the molecule is O=S1(=O)NS(=O)(=O)C(C2CCCCCC2)=C1C1CCCCCC1. The first-order valence-corrected chi connectivity index (χ1v) is 11.9. The summed E-state index contributed by atoms with van der Waals surface area (Å²) in [6, 6.07) is 0. The Morgan fingerprint density at radius 1 is 0.565 bits per heavy atom. The highest BCUT2D eigenvalue weighted by Crippen LogP contribution is 2.43. The Hall–Kier alpha value is -0.400. The Morgan fingerprint density at radius 2 is 0.870 bits per heavy atom. The van der Waals surface area contributed by atoms with Crippen molar-refractivity contribution in [2.24, 2.45) is 11.8 Å². The molecule has 2 fully saturated rings. The zero-order valence-corrected chi connectivity index (χ0v) is 15.2. The van der Waals surface area contributed by atoms with Crippen molar-refractivity contribution in [2.45, 2.75) is 77.0 Å². The smallest absolute Gasteiger partial charge is 0.206 e. The van der Waals surface area contributed by atoms with Gasteiger partial charge in [0.2, 0.25) is 0 Å². The van der Waals surface area contributed by atoms with E-state index in [4.69, 9.17) is 0 Å². The molecule has 2 saturated carbocycles. The molecule has 0 atom stereocenters. The van der Waals surface area contributed by atoms with Crippen molar-refractivity contribution in [1.82, 2.24) is 4.13 Å². The predicted molar refractivity (Wildman–Crippen MR) is 90.4 cm³/mol. The molecule has 1 N–H and O–H groups in total. The van der Waals surface area contributed by atoms with E-state index < -0.39 is 20.0 Å². The van der Waals surface area contributed by atoms with E-state index in [0.29, 0.717) is 0 Å². The van der Waals surface area contributed by atoms with Gasteiger partial charge in [-0.1, -0.05) is 51.4 Å². The lowest BCUT2D eigenvalue weighted by Gasteiger charge is -2.20. The van der Waals surface area contributed by atoms with E-state index in [2.05, 4.69) is 0 Å². The Bertz CT molecular complexity index is 605. The summed E-state index contributed by atoms with van der Waals surface area (Å²) in [6.07, 6.45) is 11.6. The number of nitrogens with one attached hydrogen (secondary N) is 1. The van der Waals surface area contributed by atoms with Gasteiger partial charge in [0.15, 0.2) is 0 Å². The van der Waals surface area contributed by atoms with E-state index >= 15 is 0 Å². The van der Waals surface area contributed by atoms with E-state index in [0.717, 1.165) is 77.0 Å². The molecule has 2 aliphatic carbocycles. The molecular weight excluding hydrogens is 334 g/mol.